The van der Waals surface area contributed by atoms with E-state index in [1.165, 1.54) is 4.90 Å². The first-order valence-corrected chi connectivity index (χ1v) is 9.24. The molecule has 1 aliphatic heterocycles. The molecule has 0 spiro atoms. The minimum Gasteiger partial charge on any atom is -0.357 e. The zero-order valence-electron chi connectivity index (χ0n) is 14.9. The van der Waals surface area contributed by atoms with Crippen molar-refractivity contribution in [3.63, 3.8) is 0 Å². The number of hydrogen-bond acceptors (Lipinski definition) is 3. The Hall–Kier alpha value is 0.1000. The number of thioether (sulfide) groups is 1. The molecule has 1 heterocycles. The number of aliphatic imine (C=N–C) groups is 1. The lowest BCUT2D eigenvalue weighted by molar-refractivity contribution is -0.143. The third kappa shape index (κ3) is 10.2. The molecule has 144 valence electrons. The average Bonchev–Trinajstić information content (AvgIpc) is 2.87. The standard InChI is InChI=1S/C15H29F3N4S.HI/c1-5-19-13(21-10-14(2,3)23-4)20-8-12-6-7-22(9-12)11-15(16,17)18;/h12H,5-11H2,1-4H3,(H2,19,20,21);1H. The molecule has 0 radical (unpaired) electrons. The highest BCUT2D eigenvalue weighted by Gasteiger charge is 2.34. The monoisotopic (exact) mass is 482 g/mol. The summed E-state index contributed by atoms with van der Waals surface area (Å²) in [6.07, 6.45) is -1.26. The van der Waals surface area contributed by atoms with Crippen molar-refractivity contribution in [3.05, 3.63) is 0 Å². The number of alkyl halides is 3. The molecule has 4 nitrogen and oxygen atoms in total. The number of guanidine groups is 1. The predicted molar refractivity (Wildman–Crippen MR) is 108 cm³/mol. The molecule has 2 N–H and O–H groups in total. The molecule has 1 rings (SSSR count). The molecule has 0 aromatic carbocycles. The quantitative estimate of drug-likeness (QED) is 0.332. The Balaban J connectivity index is 0.00000529. The summed E-state index contributed by atoms with van der Waals surface area (Å²) >= 11 is 1.76. The van der Waals surface area contributed by atoms with Crippen molar-refractivity contribution in [1.29, 1.82) is 0 Å². The summed E-state index contributed by atoms with van der Waals surface area (Å²) in [7, 11) is 0. The lowest BCUT2D eigenvalue weighted by atomic mass is 10.1. The first-order valence-electron chi connectivity index (χ1n) is 8.01. The summed E-state index contributed by atoms with van der Waals surface area (Å²) in [6, 6.07) is 0. The molecule has 0 bridgehead atoms. The first kappa shape index (κ1) is 24.1. The van der Waals surface area contributed by atoms with Crippen LogP contribution in [0.2, 0.25) is 0 Å². The van der Waals surface area contributed by atoms with Crippen LogP contribution in [0.5, 0.6) is 0 Å². The Morgan fingerprint density at radius 1 is 1.29 bits per heavy atom. The van der Waals surface area contributed by atoms with Crippen LogP contribution in [0.3, 0.4) is 0 Å². The largest absolute Gasteiger partial charge is 0.401 e. The molecule has 24 heavy (non-hydrogen) atoms. The fourth-order valence-electron chi connectivity index (χ4n) is 2.39. The summed E-state index contributed by atoms with van der Waals surface area (Å²) in [6.45, 7) is 8.57. The molecule has 0 amide bonds. The van der Waals surface area contributed by atoms with Gasteiger partial charge in [0, 0.05) is 24.4 Å². The second-order valence-corrected chi connectivity index (χ2v) is 8.06. The maximum Gasteiger partial charge on any atom is 0.401 e. The van der Waals surface area contributed by atoms with Crippen LogP contribution in [-0.2, 0) is 0 Å². The van der Waals surface area contributed by atoms with Gasteiger partial charge in [0.2, 0.25) is 0 Å². The molecular formula is C15H30F3IN4S. The molecule has 0 saturated carbocycles. The van der Waals surface area contributed by atoms with Crippen molar-refractivity contribution in [2.75, 3.05) is 45.5 Å². The number of likely N-dealkylation sites (tertiary alicyclic amines) is 1. The Labute approximate surface area is 164 Å². The number of nitrogens with one attached hydrogen (secondary N) is 2. The van der Waals surface area contributed by atoms with E-state index in [1.54, 1.807) is 11.8 Å². The number of rotatable bonds is 7. The highest BCUT2D eigenvalue weighted by Crippen LogP contribution is 2.23. The first-order chi connectivity index (χ1) is 10.6. The van der Waals surface area contributed by atoms with Crippen molar-refractivity contribution < 1.29 is 13.2 Å². The summed E-state index contributed by atoms with van der Waals surface area (Å²) in [5, 5.41) is 6.45. The number of halogens is 4. The van der Waals surface area contributed by atoms with Crippen LogP contribution in [0.25, 0.3) is 0 Å². The minimum absolute atomic E-state index is 0. The lowest BCUT2D eigenvalue weighted by Crippen LogP contribution is -2.41. The second-order valence-electron chi connectivity index (χ2n) is 6.54. The van der Waals surface area contributed by atoms with E-state index in [-0.39, 0.29) is 34.6 Å². The van der Waals surface area contributed by atoms with Gasteiger partial charge in [0.1, 0.15) is 0 Å². The van der Waals surface area contributed by atoms with Gasteiger partial charge in [-0.15, -0.1) is 24.0 Å². The third-order valence-electron chi connectivity index (χ3n) is 3.85. The van der Waals surface area contributed by atoms with Gasteiger partial charge >= 0.3 is 6.18 Å². The van der Waals surface area contributed by atoms with E-state index in [2.05, 4.69) is 35.7 Å². The van der Waals surface area contributed by atoms with E-state index in [1.807, 2.05) is 6.92 Å². The van der Waals surface area contributed by atoms with Crippen LogP contribution in [0.4, 0.5) is 13.2 Å². The molecule has 1 saturated heterocycles. The molecule has 1 aliphatic rings. The average molecular weight is 482 g/mol. The maximum atomic E-state index is 12.4. The van der Waals surface area contributed by atoms with Gasteiger partial charge in [-0.3, -0.25) is 9.89 Å². The summed E-state index contributed by atoms with van der Waals surface area (Å²) < 4.78 is 37.3. The van der Waals surface area contributed by atoms with Crippen LogP contribution in [0, 0.1) is 5.92 Å². The summed E-state index contributed by atoms with van der Waals surface area (Å²) in [5.41, 5.74) is 0. The Morgan fingerprint density at radius 2 is 1.96 bits per heavy atom. The molecule has 9 heteroatoms. The lowest BCUT2D eigenvalue weighted by Gasteiger charge is -2.21. The van der Waals surface area contributed by atoms with Crippen LogP contribution in [0.15, 0.2) is 4.99 Å². The van der Waals surface area contributed by atoms with Crippen molar-refractivity contribution in [3.8, 4) is 0 Å². The van der Waals surface area contributed by atoms with Crippen LogP contribution >= 0.6 is 35.7 Å². The highest BCUT2D eigenvalue weighted by molar-refractivity contribution is 14.0. The van der Waals surface area contributed by atoms with E-state index in [0.717, 1.165) is 18.9 Å². The van der Waals surface area contributed by atoms with Gasteiger partial charge in [0.15, 0.2) is 5.96 Å². The Kier molecular flexibility index (Phi) is 11.0. The van der Waals surface area contributed by atoms with E-state index in [0.29, 0.717) is 26.2 Å². The van der Waals surface area contributed by atoms with Crippen molar-refractivity contribution >= 4 is 41.7 Å². The van der Waals surface area contributed by atoms with Gasteiger partial charge in [-0.2, -0.15) is 24.9 Å². The van der Waals surface area contributed by atoms with Gasteiger partial charge in [-0.05, 0) is 45.9 Å². The van der Waals surface area contributed by atoms with E-state index >= 15 is 0 Å². The topological polar surface area (TPSA) is 39.7 Å². The zero-order valence-corrected chi connectivity index (χ0v) is 18.0. The van der Waals surface area contributed by atoms with Crippen LogP contribution in [0.1, 0.15) is 27.2 Å². The minimum atomic E-state index is -4.11. The molecular weight excluding hydrogens is 452 g/mol. The molecule has 1 fully saturated rings. The van der Waals surface area contributed by atoms with Gasteiger partial charge in [0.25, 0.3) is 0 Å². The summed E-state index contributed by atoms with van der Waals surface area (Å²) in [5.74, 6) is 0.971. The molecule has 1 atom stereocenters. The van der Waals surface area contributed by atoms with Gasteiger partial charge in [0.05, 0.1) is 13.1 Å². The maximum absolute atomic E-state index is 12.4. The van der Waals surface area contributed by atoms with E-state index < -0.39 is 12.7 Å². The third-order valence-corrected chi connectivity index (χ3v) is 5.08. The van der Waals surface area contributed by atoms with Gasteiger partial charge in [-0.1, -0.05) is 0 Å². The highest BCUT2D eigenvalue weighted by atomic mass is 127. The molecule has 0 aliphatic carbocycles. The fraction of sp³-hybridized carbons (Fsp3) is 0.933. The van der Waals surface area contributed by atoms with Gasteiger partial charge < -0.3 is 10.6 Å². The smallest absolute Gasteiger partial charge is 0.357 e. The second kappa shape index (κ2) is 10.9. The summed E-state index contributed by atoms with van der Waals surface area (Å²) in [4.78, 5) is 6.05. The van der Waals surface area contributed by atoms with Crippen molar-refractivity contribution in [2.24, 2.45) is 10.9 Å². The Bertz CT molecular complexity index is 391. The van der Waals surface area contributed by atoms with Crippen LogP contribution in [-0.4, -0.2) is 67.3 Å². The molecule has 0 aromatic rings. The van der Waals surface area contributed by atoms with E-state index in [9.17, 15) is 13.2 Å². The molecule has 0 aromatic heterocycles. The molecule has 1 unspecified atom stereocenters. The SMILES string of the molecule is CCNC(=NCC(C)(C)SC)NCC1CCN(CC(F)(F)F)C1.I. The Morgan fingerprint density at radius 3 is 2.50 bits per heavy atom. The predicted octanol–water partition coefficient (Wildman–Crippen LogP) is 3.19. The number of hydrogen-bond donors (Lipinski definition) is 2. The van der Waals surface area contributed by atoms with Gasteiger partial charge in [-0.25, -0.2) is 0 Å². The fourth-order valence-corrected chi connectivity index (χ4v) is 2.59. The van der Waals surface area contributed by atoms with Crippen molar-refractivity contribution in [1.82, 2.24) is 15.5 Å². The zero-order chi connectivity index (χ0) is 17.5. The normalized spacial score (nSPS) is 20.0. The number of nitrogens with zero attached hydrogens (tertiary/aromatic N) is 2. The van der Waals surface area contributed by atoms with Crippen molar-refractivity contribution in [2.45, 2.75) is 38.1 Å². The van der Waals surface area contributed by atoms with Crippen LogP contribution < -0.4 is 10.6 Å². The van der Waals surface area contributed by atoms with E-state index in [4.69, 9.17) is 0 Å².